The van der Waals surface area contributed by atoms with Gasteiger partial charge < -0.3 is 9.84 Å². The molecule has 112 valence electrons. The van der Waals surface area contributed by atoms with Crippen LogP contribution in [0.2, 0.25) is 0 Å². The van der Waals surface area contributed by atoms with Gasteiger partial charge in [-0.25, -0.2) is 0 Å². The smallest absolute Gasteiger partial charge is 0.172 e. The Labute approximate surface area is 130 Å². The van der Waals surface area contributed by atoms with Gasteiger partial charge >= 0.3 is 0 Å². The fourth-order valence-corrected chi connectivity index (χ4v) is 3.48. The molecule has 20 heavy (non-hydrogen) atoms. The van der Waals surface area contributed by atoms with Gasteiger partial charge in [0.2, 0.25) is 0 Å². The second kappa shape index (κ2) is 7.32. The van der Waals surface area contributed by atoms with Gasteiger partial charge in [0.15, 0.2) is 11.5 Å². The fraction of sp³-hybridized carbons (Fsp3) is 0.625. The Morgan fingerprint density at radius 2 is 1.90 bits per heavy atom. The van der Waals surface area contributed by atoms with Crippen molar-refractivity contribution < 1.29 is 9.84 Å². The molecule has 1 fully saturated rings. The third kappa shape index (κ3) is 3.89. The van der Waals surface area contributed by atoms with Gasteiger partial charge in [-0.3, -0.25) is 4.90 Å². The molecular weight excluding hydrogens is 318 g/mol. The topological polar surface area (TPSA) is 32.7 Å². The van der Waals surface area contributed by atoms with E-state index in [1.807, 2.05) is 12.1 Å². The highest BCUT2D eigenvalue weighted by Gasteiger charge is 2.18. The van der Waals surface area contributed by atoms with E-state index in [0.29, 0.717) is 16.3 Å². The minimum Gasteiger partial charge on any atom is -0.503 e. The fourth-order valence-electron chi connectivity index (χ4n) is 2.99. The maximum atomic E-state index is 9.86. The lowest BCUT2D eigenvalue weighted by Crippen LogP contribution is -2.30. The quantitative estimate of drug-likeness (QED) is 0.828. The molecule has 0 atom stereocenters. The number of ether oxygens (including phenoxy) is 1. The Kier molecular flexibility index (Phi) is 5.73. The highest BCUT2D eigenvalue weighted by molar-refractivity contribution is 9.10. The van der Waals surface area contributed by atoms with Crippen LogP contribution in [0.4, 0.5) is 0 Å². The number of aromatic hydroxyl groups is 1. The molecule has 1 aromatic rings. The largest absolute Gasteiger partial charge is 0.503 e. The Bertz CT molecular complexity index is 442. The first-order valence-electron chi connectivity index (χ1n) is 7.37. The average molecular weight is 342 g/mol. The van der Waals surface area contributed by atoms with Crippen LogP contribution in [0.15, 0.2) is 16.6 Å². The number of phenolic OH excluding ortho intramolecular Hbond substituents is 1. The van der Waals surface area contributed by atoms with E-state index in [2.05, 4.69) is 27.9 Å². The van der Waals surface area contributed by atoms with Crippen LogP contribution in [0, 0.1) is 0 Å². The average Bonchev–Trinajstić information content (AvgIpc) is 2.71. The van der Waals surface area contributed by atoms with Crippen LogP contribution in [-0.4, -0.2) is 30.2 Å². The zero-order valence-corrected chi connectivity index (χ0v) is 13.9. The number of halogens is 1. The summed E-state index contributed by atoms with van der Waals surface area (Å²) in [5.41, 5.74) is 1.17. The Balaban J connectivity index is 2.06. The van der Waals surface area contributed by atoms with Crippen LogP contribution in [0.25, 0.3) is 0 Å². The molecule has 0 radical (unpaired) electrons. The molecule has 0 heterocycles. The van der Waals surface area contributed by atoms with Crippen molar-refractivity contribution in [2.24, 2.45) is 0 Å². The molecule has 0 spiro atoms. The molecule has 0 saturated heterocycles. The van der Waals surface area contributed by atoms with Gasteiger partial charge in [0.1, 0.15) is 0 Å². The number of methoxy groups -OCH3 is 1. The lowest BCUT2D eigenvalue weighted by molar-refractivity contribution is 0.212. The minimum atomic E-state index is 0.174. The van der Waals surface area contributed by atoms with Crippen LogP contribution in [0.3, 0.4) is 0 Å². The lowest BCUT2D eigenvalue weighted by atomic mass is 10.1. The van der Waals surface area contributed by atoms with Gasteiger partial charge in [-0.2, -0.15) is 0 Å². The van der Waals surface area contributed by atoms with Gasteiger partial charge in [0.05, 0.1) is 11.6 Å². The summed E-state index contributed by atoms with van der Waals surface area (Å²) < 4.78 is 5.91. The summed E-state index contributed by atoms with van der Waals surface area (Å²) in [4.78, 5) is 2.43. The number of phenols is 1. The van der Waals surface area contributed by atoms with Crippen molar-refractivity contribution in [3.05, 3.63) is 22.2 Å². The molecule has 1 saturated carbocycles. The van der Waals surface area contributed by atoms with E-state index in [-0.39, 0.29) is 5.75 Å². The molecule has 1 aromatic carbocycles. The molecular formula is C16H24BrNO2. The summed E-state index contributed by atoms with van der Waals surface area (Å²) in [7, 11) is 3.78. The zero-order chi connectivity index (χ0) is 14.5. The summed E-state index contributed by atoms with van der Waals surface area (Å²) in [5.74, 6) is 0.706. The molecule has 2 rings (SSSR count). The molecule has 1 N–H and O–H groups in total. The van der Waals surface area contributed by atoms with Crippen molar-refractivity contribution in [3.63, 3.8) is 0 Å². The summed E-state index contributed by atoms with van der Waals surface area (Å²) in [6.45, 7) is 0.889. The molecule has 1 aliphatic rings. The van der Waals surface area contributed by atoms with Crippen molar-refractivity contribution in [2.75, 3.05) is 14.2 Å². The van der Waals surface area contributed by atoms with E-state index in [1.54, 1.807) is 7.11 Å². The summed E-state index contributed by atoms with van der Waals surface area (Å²) in [5, 5.41) is 9.86. The van der Waals surface area contributed by atoms with E-state index in [0.717, 1.165) is 6.54 Å². The summed E-state index contributed by atoms with van der Waals surface area (Å²) >= 11 is 3.39. The van der Waals surface area contributed by atoms with Crippen molar-refractivity contribution in [1.29, 1.82) is 0 Å². The molecule has 0 amide bonds. The second-order valence-electron chi connectivity index (χ2n) is 5.69. The van der Waals surface area contributed by atoms with Gasteiger partial charge in [0.25, 0.3) is 0 Å². The molecule has 0 aromatic heterocycles. The van der Waals surface area contributed by atoms with Crippen molar-refractivity contribution >= 4 is 15.9 Å². The van der Waals surface area contributed by atoms with E-state index in [9.17, 15) is 5.11 Å². The van der Waals surface area contributed by atoms with Gasteiger partial charge in [-0.15, -0.1) is 0 Å². The lowest BCUT2D eigenvalue weighted by Gasteiger charge is -2.27. The number of nitrogens with zero attached hydrogens (tertiary/aromatic N) is 1. The molecule has 4 heteroatoms. The van der Waals surface area contributed by atoms with Gasteiger partial charge in [-0.05, 0) is 53.5 Å². The number of rotatable bonds is 4. The molecule has 0 bridgehead atoms. The van der Waals surface area contributed by atoms with Crippen LogP contribution in [0.5, 0.6) is 11.5 Å². The van der Waals surface area contributed by atoms with E-state index in [1.165, 1.54) is 44.1 Å². The van der Waals surface area contributed by atoms with Crippen LogP contribution in [0.1, 0.15) is 44.1 Å². The molecule has 3 nitrogen and oxygen atoms in total. The standard InChI is InChI=1S/C16H24BrNO2/c1-18(13-7-5-3-4-6-8-13)11-12-9-14(17)16(19)15(10-12)20-2/h9-10,13,19H,3-8,11H2,1-2H3. The van der Waals surface area contributed by atoms with Crippen LogP contribution < -0.4 is 4.74 Å². The third-order valence-corrected chi connectivity index (χ3v) is 4.79. The monoisotopic (exact) mass is 341 g/mol. The molecule has 0 aliphatic heterocycles. The van der Waals surface area contributed by atoms with Crippen molar-refractivity contribution in [1.82, 2.24) is 4.90 Å². The number of hydrogen-bond acceptors (Lipinski definition) is 3. The van der Waals surface area contributed by atoms with Gasteiger partial charge in [0, 0.05) is 12.6 Å². The highest BCUT2D eigenvalue weighted by atomic mass is 79.9. The maximum absolute atomic E-state index is 9.86. The second-order valence-corrected chi connectivity index (χ2v) is 6.54. The summed E-state index contributed by atoms with van der Waals surface area (Å²) in [6, 6.07) is 4.58. The maximum Gasteiger partial charge on any atom is 0.172 e. The zero-order valence-electron chi connectivity index (χ0n) is 12.4. The molecule has 1 aliphatic carbocycles. The first-order valence-corrected chi connectivity index (χ1v) is 8.16. The van der Waals surface area contributed by atoms with E-state index >= 15 is 0 Å². The van der Waals surface area contributed by atoms with E-state index < -0.39 is 0 Å². The summed E-state index contributed by atoms with van der Waals surface area (Å²) in [6.07, 6.45) is 8.04. The Morgan fingerprint density at radius 1 is 1.25 bits per heavy atom. The predicted molar refractivity (Wildman–Crippen MR) is 85.3 cm³/mol. The molecule has 0 unspecified atom stereocenters. The number of benzene rings is 1. The van der Waals surface area contributed by atoms with Crippen molar-refractivity contribution in [3.8, 4) is 11.5 Å². The van der Waals surface area contributed by atoms with Crippen LogP contribution in [-0.2, 0) is 6.54 Å². The first-order chi connectivity index (χ1) is 9.61. The first kappa shape index (κ1) is 15.6. The highest BCUT2D eigenvalue weighted by Crippen LogP contribution is 2.35. The predicted octanol–water partition coefficient (Wildman–Crippen LogP) is 4.32. The van der Waals surface area contributed by atoms with Crippen molar-refractivity contribution in [2.45, 2.75) is 51.1 Å². The van der Waals surface area contributed by atoms with E-state index in [4.69, 9.17) is 4.74 Å². The van der Waals surface area contributed by atoms with Crippen LogP contribution >= 0.6 is 15.9 Å². The third-order valence-electron chi connectivity index (χ3n) is 4.19. The number of hydrogen-bond donors (Lipinski definition) is 1. The minimum absolute atomic E-state index is 0.174. The Morgan fingerprint density at radius 3 is 2.50 bits per heavy atom. The SMILES string of the molecule is COc1cc(CN(C)C2CCCCCC2)cc(Br)c1O. The normalized spacial score (nSPS) is 17.2. The van der Waals surface area contributed by atoms with Gasteiger partial charge in [-0.1, -0.05) is 25.7 Å². The Hall–Kier alpha value is -0.740.